The molecule has 0 saturated carbocycles. The summed E-state index contributed by atoms with van der Waals surface area (Å²) < 4.78 is 5.16. The molecular formula is C20H20N4O4. The van der Waals surface area contributed by atoms with Crippen molar-refractivity contribution in [2.75, 3.05) is 5.32 Å². The average molecular weight is 380 g/mol. The van der Waals surface area contributed by atoms with Gasteiger partial charge in [-0.3, -0.25) is 14.6 Å². The third-order valence-corrected chi connectivity index (χ3v) is 4.13. The van der Waals surface area contributed by atoms with Gasteiger partial charge in [-0.2, -0.15) is 4.98 Å². The van der Waals surface area contributed by atoms with Crippen LogP contribution in [0.3, 0.4) is 0 Å². The lowest BCUT2D eigenvalue weighted by Crippen LogP contribution is -2.13. The van der Waals surface area contributed by atoms with E-state index in [0.717, 1.165) is 5.56 Å². The Hall–Kier alpha value is -3.55. The Labute approximate surface area is 161 Å². The topological polar surface area (TPSA) is 118 Å². The molecule has 1 atom stereocenters. The SMILES string of the molecule is CC(Cc1ccc(NC(=O)CCc2nc(-c3ccccn3)no2)cc1)C(=O)O. The van der Waals surface area contributed by atoms with Crippen LogP contribution in [0.15, 0.2) is 53.2 Å². The van der Waals surface area contributed by atoms with E-state index in [1.165, 1.54) is 0 Å². The number of nitrogens with one attached hydrogen (secondary N) is 1. The molecule has 1 unspecified atom stereocenters. The first-order chi connectivity index (χ1) is 13.5. The molecule has 8 heteroatoms. The molecule has 0 fully saturated rings. The third kappa shape index (κ3) is 5.23. The third-order valence-electron chi connectivity index (χ3n) is 4.13. The van der Waals surface area contributed by atoms with E-state index in [1.54, 1.807) is 37.4 Å². The van der Waals surface area contributed by atoms with E-state index < -0.39 is 11.9 Å². The highest BCUT2D eigenvalue weighted by Crippen LogP contribution is 2.15. The maximum atomic E-state index is 12.1. The highest BCUT2D eigenvalue weighted by Gasteiger charge is 2.13. The number of anilines is 1. The van der Waals surface area contributed by atoms with Crippen LogP contribution in [0.25, 0.3) is 11.5 Å². The summed E-state index contributed by atoms with van der Waals surface area (Å²) in [5, 5.41) is 15.6. The van der Waals surface area contributed by atoms with Gasteiger partial charge in [0.1, 0.15) is 5.69 Å². The van der Waals surface area contributed by atoms with E-state index in [-0.39, 0.29) is 12.3 Å². The summed E-state index contributed by atoms with van der Waals surface area (Å²) in [5.74, 6) is -0.698. The molecule has 1 aromatic carbocycles. The number of aryl methyl sites for hydroxylation is 1. The summed E-state index contributed by atoms with van der Waals surface area (Å²) in [6.45, 7) is 1.66. The second kappa shape index (κ2) is 8.90. The molecular weight excluding hydrogens is 360 g/mol. The number of hydrogen-bond acceptors (Lipinski definition) is 6. The molecule has 0 aliphatic carbocycles. The summed E-state index contributed by atoms with van der Waals surface area (Å²) in [6.07, 6.45) is 2.60. The predicted octanol–water partition coefficient (Wildman–Crippen LogP) is 2.97. The minimum absolute atomic E-state index is 0.177. The number of aliphatic carboxylic acids is 1. The Morgan fingerprint density at radius 3 is 2.64 bits per heavy atom. The van der Waals surface area contributed by atoms with Gasteiger partial charge in [0, 0.05) is 24.7 Å². The smallest absolute Gasteiger partial charge is 0.306 e. The van der Waals surface area contributed by atoms with Gasteiger partial charge in [-0.15, -0.1) is 0 Å². The van der Waals surface area contributed by atoms with Crippen LogP contribution >= 0.6 is 0 Å². The van der Waals surface area contributed by atoms with E-state index in [0.29, 0.717) is 35.9 Å². The van der Waals surface area contributed by atoms with Gasteiger partial charge in [-0.1, -0.05) is 30.3 Å². The number of aromatic nitrogens is 3. The Morgan fingerprint density at radius 1 is 1.18 bits per heavy atom. The van der Waals surface area contributed by atoms with Crippen molar-refractivity contribution in [3.63, 3.8) is 0 Å². The van der Waals surface area contributed by atoms with Crippen LogP contribution in [-0.2, 0) is 22.4 Å². The fourth-order valence-electron chi connectivity index (χ4n) is 2.56. The van der Waals surface area contributed by atoms with Gasteiger partial charge < -0.3 is 14.9 Å². The summed E-state index contributed by atoms with van der Waals surface area (Å²) in [4.78, 5) is 31.4. The van der Waals surface area contributed by atoms with Gasteiger partial charge >= 0.3 is 5.97 Å². The first-order valence-corrected chi connectivity index (χ1v) is 8.87. The van der Waals surface area contributed by atoms with E-state index in [2.05, 4.69) is 20.4 Å². The molecule has 0 spiro atoms. The molecule has 3 rings (SSSR count). The van der Waals surface area contributed by atoms with Gasteiger partial charge in [-0.25, -0.2) is 0 Å². The van der Waals surface area contributed by atoms with Crippen molar-refractivity contribution in [1.82, 2.24) is 15.1 Å². The van der Waals surface area contributed by atoms with Crippen LogP contribution in [0.1, 0.15) is 24.8 Å². The summed E-state index contributed by atoms with van der Waals surface area (Å²) in [5.41, 5.74) is 2.16. The average Bonchev–Trinajstić information content (AvgIpc) is 3.17. The highest BCUT2D eigenvalue weighted by molar-refractivity contribution is 5.90. The highest BCUT2D eigenvalue weighted by atomic mass is 16.5. The number of amides is 1. The van der Waals surface area contributed by atoms with E-state index >= 15 is 0 Å². The molecule has 0 saturated heterocycles. The van der Waals surface area contributed by atoms with Crippen molar-refractivity contribution in [2.45, 2.75) is 26.2 Å². The lowest BCUT2D eigenvalue weighted by Gasteiger charge is -2.08. The van der Waals surface area contributed by atoms with Gasteiger partial charge in [-0.05, 0) is 36.2 Å². The quantitative estimate of drug-likeness (QED) is 0.617. The second-order valence-electron chi connectivity index (χ2n) is 6.42. The fourth-order valence-corrected chi connectivity index (χ4v) is 2.56. The number of pyridine rings is 1. The molecule has 0 radical (unpaired) electrons. The minimum Gasteiger partial charge on any atom is -0.481 e. The Morgan fingerprint density at radius 2 is 1.96 bits per heavy atom. The maximum absolute atomic E-state index is 12.1. The first kappa shape index (κ1) is 19.2. The van der Waals surface area contributed by atoms with E-state index in [9.17, 15) is 9.59 Å². The van der Waals surface area contributed by atoms with Gasteiger partial charge in [0.05, 0.1) is 5.92 Å². The van der Waals surface area contributed by atoms with Crippen molar-refractivity contribution >= 4 is 17.6 Å². The van der Waals surface area contributed by atoms with Crippen LogP contribution < -0.4 is 5.32 Å². The number of hydrogen-bond donors (Lipinski definition) is 2. The van der Waals surface area contributed by atoms with Gasteiger partial charge in [0.15, 0.2) is 0 Å². The Balaban J connectivity index is 1.49. The molecule has 8 nitrogen and oxygen atoms in total. The monoisotopic (exact) mass is 380 g/mol. The van der Waals surface area contributed by atoms with Gasteiger partial charge in [0.2, 0.25) is 17.6 Å². The number of carbonyl (C=O) groups excluding carboxylic acids is 1. The molecule has 144 valence electrons. The molecule has 3 aromatic rings. The molecule has 2 aromatic heterocycles. The zero-order valence-corrected chi connectivity index (χ0v) is 15.3. The summed E-state index contributed by atoms with van der Waals surface area (Å²) in [7, 11) is 0. The molecule has 1 amide bonds. The molecule has 28 heavy (non-hydrogen) atoms. The van der Waals surface area contributed by atoms with Gasteiger partial charge in [0.25, 0.3) is 0 Å². The minimum atomic E-state index is -0.829. The van der Waals surface area contributed by atoms with Crippen molar-refractivity contribution in [1.29, 1.82) is 0 Å². The zero-order chi connectivity index (χ0) is 19.9. The maximum Gasteiger partial charge on any atom is 0.306 e. The van der Waals surface area contributed by atoms with E-state index in [1.807, 2.05) is 18.2 Å². The fraction of sp³-hybridized carbons (Fsp3) is 0.250. The number of nitrogens with zero attached hydrogens (tertiary/aromatic N) is 3. The van der Waals surface area contributed by atoms with E-state index in [4.69, 9.17) is 9.63 Å². The number of carbonyl (C=O) groups is 2. The lowest BCUT2D eigenvalue weighted by molar-refractivity contribution is -0.141. The number of benzene rings is 1. The summed E-state index contributed by atoms with van der Waals surface area (Å²) in [6, 6.07) is 12.6. The van der Waals surface area contributed by atoms with Crippen molar-refractivity contribution in [3.8, 4) is 11.5 Å². The zero-order valence-electron chi connectivity index (χ0n) is 15.3. The molecule has 2 N–H and O–H groups in total. The number of carboxylic acid groups (broad SMARTS) is 1. The van der Waals surface area contributed by atoms with Crippen LogP contribution in [0, 0.1) is 5.92 Å². The molecule has 0 aliphatic heterocycles. The van der Waals surface area contributed by atoms with Crippen LogP contribution in [0.5, 0.6) is 0 Å². The Kier molecular flexibility index (Phi) is 6.11. The lowest BCUT2D eigenvalue weighted by atomic mass is 10.0. The summed E-state index contributed by atoms with van der Waals surface area (Å²) >= 11 is 0. The first-order valence-electron chi connectivity index (χ1n) is 8.87. The van der Waals surface area contributed by atoms with Crippen LogP contribution in [0.2, 0.25) is 0 Å². The molecule has 2 heterocycles. The Bertz CT molecular complexity index is 938. The standard InChI is InChI=1S/C20H20N4O4/c1-13(20(26)27)12-14-5-7-15(8-6-14)22-17(25)9-10-18-23-19(24-28-18)16-4-2-3-11-21-16/h2-8,11,13H,9-10,12H2,1H3,(H,22,25)(H,26,27). The number of rotatable bonds is 8. The molecule has 0 aliphatic rings. The van der Waals surface area contributed by atoms with Crippen molar-refractivity contribution in [2.24, 2.45) is 5.92 Å². The van der Waals surface area contributed by atoms with Crippen molar-refractivity contribution in [3.05, 3.63) is 60.1 Å². The largest absolute Gasteiger partial charge is 0.481 e. The van der Waals surface area contributed by atoms with Crippen LogP contribution in [-0.4, -0.2) is 32.1 Å². The predicted molar refractivity (Wildman–Crippen MR) is 101 cm³/mol. The second-order valence-corrected chi connectivity index (χ2v) is 6.42. The normalized spacial score (nSPS) is 11.8. The van der Waals surface area contributed by atoms with Crippen molar-refractivity contribution < 1.29 is 19.2 Å². The molecule has 0 bridgehead atoms. The number of carboxylic acids is 1. The van der Waals surface area contributed by atoms with Crippen LogP contribution in [0.4, 0.5) is 5.69 Å².